The summed E-state index contributed by atoms with van der Waals surface area (Å²) in [4.78, 5) is 22.8. The number of amides is 2. The summed E-state index contributed by atoms with van der Waals surface area (Å²) >= 11 is 0. The molecule has 0 radical (unpaired) electrons. The van der Waals surface area contributed by atoms with Gasteiger partial charge in [0.15, 0.2) is 0 Å². The van der Waals surface area contributed by atoms with Crippen LogP contribution >= 0.6 is 12.4 Å². The fraction of sp³-hybridized carbons (Fsp3) is 0.273. The molecule has 2 rings (SSSR count). The number of rotatable bonds is 1. The molecular weight excluding hydrogens is 228 g/mol. The van der Waals surface area contributed by atoms with E-state index in [1.807, 2.05) is 0 Å². The third-order valence-electron chi connectivity index (χ3n) is 2.82. The van der Waals surface area contributed by atoms with Gasteiger partial charge >= 0.3 is 0 Å². The van der Waals surface area contributed by atoms with Crippen LogP contribution < -0.4 is 11.1 Å². The molecule has 3 N–H and O–H groups in total. The Labute approximate surface area is 99.6 Å². The number of anilines is 1. The van der Waals surface area contributed by atoms with Gasteiger partial charge in [0.05, 0.1) is 5.41 Å². The molecule has 16 heavy (non-hydrogen) atoms. The Morgan fingerprint density at radius 2 is 1.81 bits per heavy atom. The van der Waals surface area contributed by atoms with Gasteiger partial charge in [0.25, 0.3) is 0 Å². The number of benzene rings is 1. The van der Waals surface area contributed by atoms with Crippen molar-refractivity contribution < 1.29 is 9.59 Å². The van der Waals surface area contributed by atoms with E-state index in [4.69, 9.17) is 5.73 Å². The predicted molar refractivity (Wildman–Crippen MR) is 63.2 cm³/mol. The summed E-state index contributed by atoms with van der Waals surface area (Å²) in [6, 6.07) is 7.04. The Morgan fingerprint density at radius 3 is 2.25 bits per heavy atom. The number of hydrogen-bond acceptors (Lipinski definition) is 3. The summed E-state index contributed by atoms with van der Waals surface area (Å²) < 4.78 is 0. The number of hydrogen-bond donors (Lipinski definition) is 2. The maximum Gasteiger partial charge on any atom is 0.237 e. The zero-order chi connectivity index (χ0) is 11.1. The van der Waals surface area contributed by atoms with Crippen LogP contribution in [-0.4, -0.2) is 11.8 Å². The minimum absolute atomic E-state index is 0. The second-order valence-corrected chi connectivity index (χ2v) is 4.01. The zero-order valence-corrected chi connectivity index (χ0v) is 9.64. The highest BCUT2D eigenvalue weighted by Crippen LogP contribution is 2.31. The van der Waals surface area contributed by atoms with E-state index < -0.39 is 5.41 Å². The molecule has 2 amide bonds. The zero-order valence-electron chi connectivity index (χ0n) is 8.82. The van der Waals surface area contributed by atoms with Gasteiger partial charge in [-0.2, -0.15) is 0 Å². The van der Waals surface area contributed by atoms with Gasteiger partial charge in [0.1, 0.15) is 0 Å². The van der Waals surface area contributed by atoms with E-state index in [0.29, 0.717) is 5.69 Å². The first-order valence-corrected chi connectivity index (χ1v) is 4.73. The van der Waals surface area contributed by atoms with Crippen LogP contribution in [0.3, 0.4) is 0 Å². The van der Waals surface area contributed by atoms with Crippen molar-refractivity contribution in [3.63, 3.8) is 0 Å². The molecule has 1 atom stereocenters. The van der Waals surface area contributed by atoms with Crippen molar-refractivity contribution in [2.75, 3.05) is 5.73 Å². The monoisotopic (exact) mass is 240 g/mol. The van der Waals surface area contributed by atoms with Crippen molar-refractivity contribution in [2.24, 2.45) is 0 Å². The van der Waals surface area contributed by atoms with Crippen LogP contribution in [-0.2, 0) is 15.0 Å². The third kappa shape index (κ3) is 1.88. The molecule has 1 aliphatic heterocycles. The van der Waals surface area contributed by atoms with Crippen molar-refractivity contribution in [1.82, 2.24) is 5.32 Å². The molecular formula is C11H13ClN2O2. The highest BCUT2D eigenvalue weighted by molar-refractivity contribution is 6.08. The van der Waals surface area contributed by atoms with Gasteiger partial charge in [-0.05, 0) is 24.6 Å². The first kappa shape index (κ1) is 12.5. The second-order valence-electron chi connectivity index (χ2n) is 4.01. The molecule has 4 nitrogen and oxygen atoms in total. The number of imide groups is 1. The van der Waals surface area contributed by atoms with Crippen molar-refractivity contribution in [2.45, 2.75) is 18.8 Å². The quantitative estimate of drug-likeness (QED) is 0.568. The van der Waals surface area contributed by atoms with Gasteiger partial charge in [-0.15, -0.1) is 12.4 Å². The maximum absolute atomic E-state index is 11.6. The van der Waals surface area contributed by atoms with Crippen molar-refractivity contribution >= 4 is 29.9 Å². The van der Waals surface area contributed by atoms with Crippen LogP contribution in [0.15, 0.2) is 24.3 Å². The normalized spacial score (nSPS) is 23.8. The third-order valence-corrected chi connectivity index (χ3v) is 2.82. The van der Waals surface area contributed by atoms with Crippen LogP contribution in [0.5, 0.6) is 0 Å². The summed E-state index contributed by atoms with van der Waals surface area (Å²) in [5.74, 6) is -0.461. The smallest absolute Gasteiger partial charge is 0.237 e. The standard InChI is InChI=1S/C11H12N2O2.ClH/c1-11(6-9(14)13-10(11)15)7-2-4-8(12)5-3-7;/h2-5H,6,12H2,1H3,(H,13,14,15);1H. The summed E-state index contributed by atoms with van der Waals surface area (Å²) in [5, 5.41) is 2.31. The number of nitrogens with one attached hydrogen (secondary N) is 1. The van der Waals surface area contributed by atoms with Gasteiger partial charge in [-0.1, -0.05) is 12.1 Å². The minimum atomic E-state index is -0.745. The number of carbonyl (C=O) groups is 2. The molecule has 0 spiro atoms. The molecule has 1 fully saturated rings. The Morgan fingerprint density at radius 1 is 1.25 bits per heavy atom. The van der Waals surface area contributed by atoms with Gasteiger partial charge in [0.2, 0.25) is 11.8 Å². The van der Waals surface area contributed by atoms with Gasteiger partial charge in [-0.3, -0.25) is 14.9 Å². The van der Waals surface area contributed by atoms with Gasteiger partial charge in [-0.25, -0.2) is 0 Å². The van der Waals surface area contributed by atoms with E-state index in [1.165, 1.54) is 0 Å². The van der Waals surface area contributed by atoms with Crippen molar-refractivity contribution in [1.29, 1.82) is 0 Å². The Bertz CT molecular complexity index is 430. The van der Waals surface area contributed by atoms with Crippen molar-refractivity contribution in [3.05, 3.63) is 29.8 Å². The number of halogens is 1. The molecule has 1 unspecified atom stereocenters. The minimum Gasteiger partial charge on any atom is -0.399 e. The topological polar surface area (TPSA) is 72.2 Å². The Hall–Kier alpha value is -1.55. The SMILES string of the molecule is CC1(c2ccc(N)cc2)CC(=O)NC1=O.Cl. The number of nitrogens with two attached hydrogens (primary N) is 1. The molecule has 1 aliphatic rings. The molecule has 0 bridgehead atoms. The molecule has 0 saturated carbocycles. The lowest BCUT2D eigenvalue weighted by Crippen LogP contribution is -2.32. The molecule has 1 saturated heterocycles. The molecule has 1 heterocycles. The number of carbonyl (C=O) groups excluding carboxylic acids is 2. The highest BCUT2D eigenvalue weighted by atomic mass is 35.5. The predicted octanol–water partition coefficient (Wildman–Crippen LogP) is 0.995. The highest BCUT2D eigenvalue weighted by Gasteiger charge is 2.43. The second kappa shape index (κ2) is 4.14. The lowest BCUT2D eigenvalue weighted by Gasteiger charge is -2.19. The Balaban J connectivity index is 0.00000128. The Kier molecular flexibility index (Phi) is 3.24. The molecule has 0 aromatic heterocycles. The van der Waals surface area contributed by atoms with Gasteiger partial charge in [0, 0.05) is 12.1 Å². The molecule has 1 aromatic carbocycles. The summed E-state index contributed by atoms with van der Waals surface area (Å²) in [7, 11) is 0. The first-order valence-electron chi connectivity index (χ1n) is 4.73. The van der Waals surface area contributed by atoms with Crippen LogP contribution in [0, 0.1) is 0 Å². The average molecular weight is 241 g/mol. The fourth-order valence-corrected chi connectivity index (χ4v) is 1.79. The van der Waals surface area contributed by atoms with E-state index in [-0.39, 0.29) is 30.6 Å². The first-order chi connectivity index (χ1) is 7.02. The lowest BCUT2D eigenvalue weighted by molar-refractivity contribution is -0.126. The van der Waals surface area contributed by atoms with Crippen LogP contribution in [0.2, 0.25) is 0 Å². The molecule has 0 aliphatic carbocycles. The fourth-order valence-electron chi connectivity index (χ4n) is 1.79. The largest absolute Gasteiger partial charge is 0.399 e. The summed E-state index contributed by atoms with van der Waals surface area (Å²) in [6.07, 6.45) is 0.204. The van der Waals surface area contributed by atoms with Gasteiger partial charge < -0.3 is 5.73 Å². The van der Waals surface area contributed by atoms with E-state index >= 15 is 0 Å². The van der Waals surface area contributed by atoms with E-state index in [2.05, 4.69) is 5.32 Å². The van der Waals surface area contributed by atoms with E-state index in [1.54, 1.807) is 31.2 Å². The van der Waals surface area contributed by atoms with Crippen molar-refractivity contribution in [3.8, 4) is 0 Å². The summed E-state index contributed by atoms with van der Waals surface area (Å²) in [6.45, 7) is 1.76. The lowest BCUT2D eigenvalue weighted by atomic mass is 9.81. The molecule has 5 heteroatoms. The maximum atomic E-state index is 11.6. The van der Waals surface area contributed by atoms with E-state index in [9.17, 15) is 9.59 Å². The average Bonchev–Trinajstić information content (AvgIpc) is 2.42. The van der Waals surface area contributed by atoms with Crippen LogP contribution in [0.4, 0.5) is 5.69 Å². The van der Waals surface area contributed by atoms with E-state index in [0.717, 1.165) is 5.56 Å². The molecule has 86 valence electrons. The molecule has 1 aromatic rings. The number of nitrogen functional groups attached to an aromatic ring is 1. The van der Waals surface area contributed by atoms with Crippen LogP contribution in [0.25, 0.3) is 0 Å². The summed E-state index contributed by atoms with van der Waals surface area (Å²) in [5.41, 5.74) is 6.28. The van der Waals surface area contributed by atoms with Crippen LogP contribution in [0.1, 0.15) is 18.9 Å².